The van der Waals surface area contributed by atoms with Crippen molar-refractivity contribution in [3.8, 4) is 5.75 Å². The number of aryl methyl sites for hydroxylation is 2. The summed E-state index contributed by atoms with van der Waals surface area (Å²) >= 11 is 3.48. The lowest BCUT2D eigenvalue weighted by Gasteiger charge is -2.22. The highest BCUT2D eigenvalue weighted by Crippen LogP contribution is 2.35. The molecule has 0 amide bonds. The number of alkyl halides is 1. The Bertz CT molecular complexity index is 687. The highest BCUT2D eigenvalue weighted by atomic mass is 79.9. The maximum Gasteiger partial charge on any atom is 0.343 e. The second-order valence-corrected chi connectivity index (χ2v) is 6.01. The van der Waals surface area contributed by atoms with Crippen LogP contribution in [0.5, 0.6) is 5.75 Å². The van der Waals surface area contributed by atoms with Gasteiger partial charge in [0.1, 0.15) is 17.9 Å². The molecule has 1 aromatic heterocycles. The van der Waals surface area contributed by atoms with Gasteiger partial charge in [0.2, 0.25) is 0 Å². The normalized spacial score (nSPS) is 18.5. The predicted octanol–water partition coefficient (Wildman–Crippen LogP) is 3.11. The Balaban J connectivity index is 2.44. The highest BCUT2D eigenvalue weighted by Gasteiger charge is 2.25. The van der Waals surface area contributed by atoms with E-state index in [1.54, 1.807) is 0 Å². The lowest BCUT2D eigenvalue weighted by atomic mass is 10.0. The maximum absolute atomic E-state index is 12.0. The summed E-state index contributed by atoms with van der Waals surface area (Å²) in [6.45, 7) is 4.53. The quantitative estimate of drug-likeness (QED) is 0.554. The van der Waals surface area contributed by atoms with E-state index in [-0.39, 0.29) is 10.5 Å². The van der Waals surface area contributed by atoms with Crippen molar-refractivity contribution in [3.63, 3.8) is 0 Å². The number of hydrogen-bond acceptors (Lipinski definition) is 3. The molecule has 0 aliphatic carbocycles. The van der Waals surface area contributed by atoms with E-state index in [1.165, 1.54) is 0 Å². The van der Waals surface area contributed by atoms with Crippen molar-refractivity contribution in [1.29, 1.82) is 0 Å². The third kappa shape index (κ3) is 1.67. The lowest BCUT2D eigenvalue weighted by molar-refractivity contribution is 0.294. The molecule has 0 bridgehead atoms. The Hall–Kier alpha value is -1.29. The SMILES string of the molecule is Cc1ccc(C)c2c3c(c(=O)oc12)CC(Br)CO3. The summed E-state index contributed by atoms with van der Waals surface area (Å²) < 4.78 is 11.2. The first-order chi connectivity index (χ1) is 8.58. The van der Waals surface area contributed by atoms with Gasteiger partial charge in [-0.05, 0) is 31.4 Å². The molecule has 1 aromatic carbocycles. The predicted molar refractivity (Wildman–Crippen MR) is 73.9 cm³/mol. The Morgan fingerprint density at radius 1 is 1.28 bits per heavy atom. The zero-order valence-corrected chi connectivity index (χ0v) is 11.8. The van der Waals surface area contributed by atoms with Gasteiger partial charge in [-0.15, -0.1) is 0 Å². The highest BCUT2D eigenvalue weighted by molar-refractivity contribution is 9.09. The molecule has 2 heterocycles. The van der Waals surface area contributed by atoms with Crippen molar-refractivity contribution in [2.24, 2.45) is 0 Å². The minimum Gasteiger partial charge on any atom is -0.491 e. The van der Waals surface area contributed by atoms with Crippen LogP contribution in [0, 0.1) is 13.8 Å². The second-order valence-electron chi connectivity index (χ2n) is 4.71. The van der Waals surface area contributed by atoms with Gasteiger partial charge in [0.05, 0.1) is 15.8 Å². The van der Waals surface area contributed by atoms with Crippen LogP contribution in [-0.2, 0) is 6.42 Å². The van der Waals surface area contributed by atoms with E-state index >= 15 is 0 Å². The van der Waals surface area contributed by atoms with Crippen molar-refractivity contribution in [2.45, 2.75) is 25.1 Å². The number of ether oxygens (including phenoxy) is 1. The zero-order chi connectivity index (χ0) is 12.9. The fourth-order valence-electron chi connectivity index (χ4n) is 2.39. The van der Waals surface area contributed by atoms with Gasteiger partial charge in [0, 0.05) is 0 Å². The van der Waals surface area contributed by atoms with E-state index in [4.69, 9.17) is 9.15 Å². The van der Waals surface area contributed by atoms with Crippen LogP contribution >= 0.6 is 15.9 Å². The van der Waals surface area contributed by atoms with Crippen LogP contribution in [0.25, 0.3) is 11.0 Å². The number of hydrogen-bond donors (Lipinski definition) is 0. The minimum atomic E-state index is -0.282. The first-order valence-corrected chi connectivity index (χ1v) is 6.82. The minimum absolute atomic E-state index is 0.176. The smallest absolute Gasteiger partial charge is 0.343 e. The largest absolute Gasteiger partial charge is 0.491 e. The Morgan fingerprint density at radius 2 is 2.00 bits per heavy atom. The van der Waals surface area contributed by atoms with Crippen molar-refractivity contribution in [1.82, 2.24) is 0 Å². The van der Waals surface area contributed by atoms with Gasteiger partial charge >= 0.3 is 5.63 Å². The van der Waals surface area contributed by atoms with Gasteiger partial charge in [-0.25, -0.2) is 4.79 Å². The van der Waals surface area contributed by atoms with E-state index in [0.717, 1.165) is 16.5 Å². The number of halogens is 1. The molecule has 18 heavy (non-hydrogen) atoms. The molecule has 0 spiro atoms. The van der Waals surface area contributed by atoms with Crippen molar-refractivity contribution >= 4 is 26.9 Å². The average molecular weight is 309 g/mol. The van der Waals surface area contributed by atoms with Crippen LogP contribution in [0.2, 0.25) is 0 Å². The first-order valence-electron chi connectivity index (χ1n) is 5.90. The fourth-order valence-corrected chi connectivity index (χ4v) is 2.84. The molecule has 3 rings (SSSR count). The molecular weight excluding hydrogens is 296 g/mol. The van der Waals surface area contributed by atoms with Crippen LogP contribution in [0.15, 0.2) is 21.3 Å². The standard InChI is InChI=1S/C14H13BrO3/c1-7-3-4-8(2)12-11(7)13-10(14(16)18-12)5-9(15)6-17-13/h3-4,9H,5-6H2,1-2H3. The molecule has 94 valence electrons. The molecule has 0 saturated carbocycles. The van der Waals surface area contributed by atoms with Crippen LogP contribution in [0.3, 0.4) is 0 Å². The Kier molecular flexibility index (Phi) is 2.70. The molecule has 1 aliphatic heterocycles. The van der Waals surface area contributed by atoms with Crippen LogP contribution in [0.1, 0.15) is 16.7 Å². The van der Waals surface area contributed by atoms with Crippen LogP contribution in [-0.4, -0.2) is 11.4 Å². The molecule has 1 aliphatic rings. The molecule has 3 nitrogen and oxygen atoms in total. The van der Waals surface area contributed by atoms with Crippen LogP contribution < -0.4 is 10.4 Å². The van der Waals surface area contributed by atoms with Crippen molar-refractivity contribution in [2.75, 3.05) is 6.61 Å². The number of benzene rings is 1. The fraction of sp³-hybridized carbons (Fsp3) is 0.357. The topological polar surface area (TPSA) is 39.4 Å². The molecule has 2 aromatic rings. The number of fused-ring (bicyclic) bond motifs is 3. The van der Waals surface area contributed by atoms with Gasteiger partial charge in [-0.2, -0.15) is 0 Å². The first kappa shape index (κ1) is 11.8. The van der Waals surface area contributed by atoms with Crippen LogP contribution in [0.4, 0.5) is 0 Å². The Labute approximate surface area is 113 Å². The molecule has 1 atom stereocenters. The summed E-state index contributed by atoms with van der Waals surface area (Å²) in [6.07, 6.45) is 0.654. The monoisotopic (exact) mass is 308 g/mol. The van der Waals surface area contributed by atoms with E-state index in [0.29, 0.717) is 29.9 Å². The third-order valence-electron chi connectivity index (χ3n) is 3.34. The van der Waals surface area contributed by atoms with E-state index in [9.17, 15) is 4.79 Å². The van der Waals surface area contributed by atoms with Crippen molar-refractivity contribution < 1.29 is 9.15 Å². The van der Waals surface area contributed by atoms with Gasteiger partial charge in [-0.1, -0.05) is 28.1 Å². The molecule has 4 heteroatoms. The van der Waals surface area contributed by atoms with Gasteiger partial charge in [0.15, 0.2) is 0 Å². The average Bonchev–Trinajstić information content (AvgIpc) is 2.34. The molecule has 0 fully saturated rings. The maximum atomic E-state index is 12.0. The van der Waals surface area contributed by atoms with E-state index in [2.05, 4.69) is 15.9 Å². The summed E-state index contributed by atoms with van der Waals surface area (Å²) in [4.78, 5) is 12.2. The second kappa shape index (κ2) is 4.12. The van der Waals surface area contributed by atoms with Gasteiger partial charge in [-0.3, -0.25) is 0 Å². The summed E-state index contributed by atoms with van der Waals surface area (Å²) in [5.74, 6) is 0.707. The van der Waals surface area contributed by atoms with Crippen molar-refractivity contribution in [3.05, 3.63) is 39.2 Å². The van der Waals surface area contributed by atoms with Gasteiger partial charge in [0.25, 0.3) is 0 Å². The molecule has 0 radical (unpaired) electrons. The third-order valence-corrected chi connectivity index (χ3v) is 3.93. The summed E-state index contributed by atoms with van der Waals surface area (Å²) in [5.41, 5.74) is 3.04. The summed E-state index contributed by atoms with van der Waals surface area (Å²) in [7, 11) is 0. The zero-order valence-electron chi connectivity index (χ0n) is 10.2. The molecule has 1 unspecified atom stereocenters. The van der Waals surface area contributed by atoms with Gasteiger partial charge < -0.3 is 9.15 Å². The Morgan fingerprint density at radius 3 is 2.78 bits per heavy atom. The molecule has 0 saturated heterocycles. The number of rotatable bonds is 0. The lowest BCUT2D eigenvalue weighted by Crippen LogP contribution is -2.26. The van der Waals surface area contributed by atoms with E-state index < -0.39 is 0 Å². The molecular formula is C14H13BrO3. The summed E-state index contributed by atoms with van der Waals surface area (Å²) in [6, 6.07) is 3.99. The summed E-state index contributed by atoms with van der Waals surface area (Å²) in [5, 5.41) is 0.934. The molecule has 0 N–H and O–H groups in total. The van der Waals surface area contributed by atoms with E-state index in [1.807, 2.05) is 26.0 Å².